The molecule has 1 amide bonds. The molecule has 0 saturated carbocycles. The van der Waals surface area contributed by atoms with E-state index in [1.807, 2.05) is 37.3 Å². The Morgan fingerprint density at radius 2 is 1.68 bits per heavy atom. The lowest BCUT2D eigenvalue weighted by molar-refractivity contribution is -0.124. The molecule has 0 fully saturated rings. The van der Waals surface area contributed by atoms with Crippen LogP contribution in [-0.2, 0) is 16.0 Å². The zero-order valence-electron chi connectivity index (χ0n) is 13.8. The highest BCUT2D eigenvalue weighted by atomic mass is 19.1. The van der Waals surface area contributed by atoms with E-state index in [0.717, 1.165) is 30.2 Å². The molecule has 2 rings (SSSR count). The Balaban J connectivity index is 1.77. The third-order valence-corrected chi connectivity index (χ3v) is 3.62. The van der Waals surface area contributed by atoms with Crippen LogP contribution in [0.15, 0.2) is 48.5 Å². The van der Waals surface area contributed by atoms with Gasteiger partial charge in [0.25, 0.3) is 5.91 Å². The Morgan fingerprint density at radius 3 is 2.32 bits per heavy atom. The molecule has 1 atom stereocenters. The summed E-state index contributed by atoms with van der Waals surface area (Å²) in [6.45, 7) is 1.24. The van der Waals surface area contributed by atoms with Gasteiger partial charge in [0.2, 0.25) is 0 Å². The second kappa shape index (κ2) is 8.92. The number of carbonyl (C=O) groups excluding carboxylic acids is 2. The first-order chi connectivity index (χ1) is 12.0. The van der Waals surface area contributed by atoms with E-state index in [4.69, 9.17) is 0 Å². The molecule has 132 valence electrons. The highest BCUT2D eigenvalue weighted by Gasteiger charge is 2.19. The highest BCUT2D eigenvalue weighted by molar-refractivity contribution is 5.91. The largest absolute Gasteiger partial charge is 0.452 e. The summed E-state index contributed by atoms with van der Waals surface area (Å²) in [5.74, 6) is -3.78. The lowest BCUT2D eigenvalue weighted by atomic mass is 10.1. The number of esters is 1. The van der Waals surface area contributed by atoms with Gasteiger partial charge in [0.1, 0.15) is 17.2 Å². The minimum absolute atomic E-state index is 0.128. The first-order valence-electron chi connectivity index (χ1n) is 7.92. The van der Waals surface area contributed by atoms with E-state index < -0.39 is 35.7 Å². The molecule has 4 nitrogen and oxygen atoms in total. The van der Waals surface area contributed by atoms with Crippen molar-refractivity contribution in [1.29, 1.82) is 0 Å². The van der Waals surface area contributed by atoms with Crippen LogP contribution in [0.4, 0.5) is 8.78 Å². The molecule has 0 heterocycles. The second-order valence-electron chi connectivity index (χ2n) is 5.67. The summed E-state index contributed by atoms with van der Waals surface area (Å²) in [5, 5.41) is 2.68. The van der Waals surface area contributed by atoms with Crippen LogP contribution in [0.25, 0.3) is 0 Å². The first kappa shape index (κ1) is 18.6. The van der Waals surface area contributed by atoms with Gasteiger partial charge in [-0.05, 0) is 37.5 Å². The SMILES string of the molecule is C[C@@H](CCc1ccccc1)NC(=O)COC(=O)c1c(F)cccc1F. The number of benzene rings is 2. The van der Waals surface area contributed by atoms with E-state index >= 15 is 0 Å². The number of hydrogen-bond donors (Lipinski definition) is 1. The molecule has 0 bridgehead atoms. The first-order valence-corrected chi connectivity index (χ1v) is 7.92. The van der Waals surface area contributed by atoms with E-state index in [1.54, 1.807) is 0 Å². The van der Waals surface area contributed by atoms with Crippen LogP contribution in [-0.4, -0.2) is 24.5 Å². The molecule has 0 unspecified atom stereocenters. The van der Waals surface area contributed by atoms with Crippen molar-refractivity contribution in [3.63, 3.8) is 0 Å². The molecule has 0 aliphatic rings. The molecular formula is C19H19F2NO3. The maximum atomic E-state index is 13.5. The van der Waals surface area contributed by atoms with Gasteiger partial charge in [0, 0.05) is 6.04 Å². The van der Waals surface area contributed by atoms with Gasteiger partial charge in [-0.1, -0.05) is 36.4 Å². The molecule has 25 heavy (non-hydrogen) atoms. The summed E-state index contributed by atoms with van der Waals surface area (Å²) < 4.78 is 31.6. The molecule has 0 radical (unpaired) electrons. The Kier molecular flexibility index (Phi) is 6.62. The molecule has 1 N–H and O–H groups in total. The average Bonchev–Trinajstić information content (AvgIpc) is 2.59. The summed E-state index contributed by atoms with van der Waals surface area (Å²) in [6.07, 6.45) is 1.51. The topological polar surface area (TPSA) is 55.4 Å². The minimum atomic E-state index is -1.21. The van der Waals surface area contributed by atoms with Crippen molar-refractivity contribution in [2.24, 2.45) is 0 Å². The van der Waals surface area contributed by atoms with E-state index in [2.05, 4.69) is 10.1 Å². The van der Waals surface area contributed by atoms with Crippen molar-refractivity contribution in [3.8, 4) is 0 Å². The lowest BCUT2D eigenvalue weighted by Gasteiger charge is -2.14. The summed E-state index contributed by atoms with van der Waals surface area (Å²) in [5.41, 5.74) is 0.359. The Bertz CT molecular complexity index is 714. The third-order valence-electron chi connectivity index (χ3n) is 3.62. The molecule has 0 aliphatic carbocycles. The summed E-state index contributed by atoms with van der Waals surface area (Å²) in [4.78, 5) is 23.5. The number of halogens is 2. The number of aryl methyl sites for hydroxylation is 1. The smallest absolute Gasteiger partial charge is 0.344 e. The van der Waals surface area contributed by atoms with Crippen LogP contribution < -0.4 is 5.32 Å². The normalized spacial score (nSPS) is 11.6. The van der Waals surface area contributed by atoms with Gasteiger partial charge >= 0.3 is 5.97 Å². The van der Waals surface area contributed by atoms with Gasteiger partial charge in [0.15, 0.2) is 6.61 Å². The van der Waals surface area contributed by atoms with Crippen molar-refractivity contribution < 1.29 is 23.1 Å². The Labute approximate surface area is 144 Å². The fraction of sp³-hybridized carbons (Fsp3) is 0.263. The summed E-state index contributed by atoms with van der Waals surface area (Å²) >= 11 is 0. The number of carbonyl (C=O) groups is 2. The molecule has 2 aromatic carbocycles. The average molecular weight is 347 g/mol. The molecule has 0 saturated heterocycles. The molecule has 6 heteroatoms. The van der Waals surface area contributed by atoms with Crippen molar-refractivity contribution in [2.75, 3.05) is 6.61 Å². The third kappa shape index (κ3) is 5.67. The second-order valence-corrected chi connectivity index (χ2v) is 5.67. The van der Waals surface area contributed by atoms with Crippen LogP contribution >= 0.6 is 0 Å². The lowest BCUT2D eigenvalue weighted by Crippen LogP contribution is -2.36. The van der Waals surface area contributed by atoms with E-state index in [0.29, 0.717) is 6.42 Å². The van der Waals surface area contributed by atoms with Gasteiger partial charge in [-0.2, -0.15) is 0 Å². The number of nitrogens with one attached hydrogen (secondary N) is 1. The van der Waals surface area contributed by atoms with Crippen LogP contribution in [0.3, 0.4) is 0 Å². The molecule has 0 spiro atoms. The fourth-order valence-electron chi connectivity index (χ4n) is 2.31. The number of rotatable bonds is 7. The minimum Gasteiger partial charge on any atom is -0.452 e. The zero-order valence-corrected chi connectivity index (χ0v) is 13.8. The van der Waals surface area contributed by atoms with Gasteiger partial charge in [-0.15, -0.1) is 0 Å². The van der Waals surface area contributed by atoms with Crippen LogP contribution in [0.5, 0.6) is 0 Å². The van der Waals surface area contributed by atoms with Crippen molar-refractivity contribution in [1.82, 2.24) is 5.32 Å². The maximum absolute atomic E-state index is 13.5. The van der Waals surface area contributed by atoms with E-state index in [1.165, 1.54) is 0 Å². The Morgan fingerprint density at radius 1 is 1.04 bits per heavy atom. The van der Waals surface area contributed by atoms with Gasteiger partial charge in [-0.25, -0.2) is 13.6 Å². The molecule has 0 aromatic heterocycles. The monoisotopic (exact) mass is 347 g/mol. The van der Waals surface area contributed by atoms with Gasteiger partial charge < -0.3 is 10.1 Å². The fourth-order valence-corrected chi connectivity index (χ4v) is 2.31. The highest BCUT2D eigenvalue weighted by Crippen LogP contribution is 2.13. The quantitative estimate of drug-likeness (QED) is 0.782. The summed E-state index contributed by atoms with van der Waals surface area (Å²) in [6, 6.07) is 12.7. The van der Waals surface area contributed by atoms with Crippen LogP contribution in [0.1, 0.15) is 29.3 Å². The number of hydrogen-bond acceptors (Lipinski definition) is 3. The van der Waals surface area contributed by atoms with Gasteiger partial charge in [-0.3, -0.25) is 4.79 Å². The van der Waals surface area contributed by atoms with Crippen LogP contribution in [0.2, 0.25) is 0 Å². The van der Waals surface area contributed by atoms with E-state index in [9.17, 15) is 18.4 Å². The maximum Gasteiger partial charge on any atom is 0.344 e. The number of amides is 1. The number of ether oxygens (including phenoxy) is 1. The molecule has 0 aliphatic heterocycles. The molecule has 2 aromatic rings. The van der Waals surface area contributed by atoms with Gasteiger partial charge in [0.05, 0.1) is 0 Å². The zero-order chi connectivity index (χ0) is 18.2. The Hall–Kier alpha value is -2.76. The van der Waals surface area contributed by atoms with E-state index in [-0.39, 0.29) is 6.04 Å². The standard InChI is InChI=1S/C19H19F2NO3/c1-13(10-11-14-6-3-2-4-7-14)22-17(23)12-25-19(24)18-15(20)8-5-9-16(18)21/h2-9,13H,10-12H2,1H3,(H,22,23)/t13-/m0/s1. The predicted molar refractivity (Wildman–Crippen MR) is 89.0 cm³/mol. The van der Waals surface area contributed by atoms with Crippen LogP contribution in [0, 0.1) is 11.6 Å². The summed E-state index contributed by atoms with van der Waals surface area (Å²) in [7, 11) is 0. The van der Waals surface area contributed by atoms with Crippen molar-refractivity contribution in [2.45, 2.75) is 25.8 Å². The molecular weight excluding hydrogens is 328 g/mol. The van der Waals surface area contributed by atoms with Crippen molar-refractivity contribution in [3.05, 3.63) is 71.3 Å². The van der Waals surface area contributed by atoms with Crippen molar-refractivity contribution >= 4 is 11.9 Å². The predicted octanol–water partition coefficient (Wildman–Crippen LogP) is 3.26.